The predicted molar refractivity (Wildman–Crippen MR) is 123 cm³/mol. The molecule has 0 radical (unpaired) electrons. The molecule has 2 aliphatic rings. The van der Waals surface area contributed by atoms with E-state index in [0.29, 0.717) is 46.3 Å². The number of H-pyrrole nitrogens is 1. The first-order chi connectivity index (χ1) is 16.9. The number of aromatic nitrogens is 3. The number of aryl methyl sites for hydroxylation is 1. The number of halogens is 1. The summed E-state index contributed by atoms with van der Waals surface area (Å²) in [5.74, 6) is -0.547. The number of hydrogen-bond acceptors (Lipinski definition) is 7. The summed E-state index contributed by atoms with van der Waals surface area (Å²) in [4.78, 5) is 38.1. The standard InChI is InChI=1S/C24H26FN5O5/c1-12-20(24(34)29-16-7-30(8-17(16)32)19(33)9-31)22-23(28-12)21(26-11-27-22)15-5-4-14(25)6-18(15)35-10-13-2-3-13/h4-6,11,13,16-17,28,31-32H,2-3,7-10H2,1H3,(H,29,34)/t16-,17+/m1/s1. The van der Waals surface area contributed by atoms with Crippen LogP contribution in [0.5, 0.6) is 5.75 Å². The number of carbonyl (C=O) groups is 2. The third-order valence-corrected chi connectivity index (χ3v) is 6.46. The molecule has 1 aromatic carbocycles. The lowest BCUT2D eigenvalue weighted by atomic mass is 10.1. The molecule has 0 unspecified atom stereocenters. The van der Waals surface area contributed by atoms with E-state index in [-0.39, 0.29) is 18.7 Å². The van der Waals surface area contributed by atoms with E-state index >= 15 is 0 Å². The van der Waals surface area contributed by atoms with Crippen molar-refractivity contribution in [3.8, 4) is 17.0 Å². The number of aromatic amines is 1. The molecule has 4 N–H and O–H groups in total. The SMILES string of the molecule is Cc1[nH]c2c(-c3ccc(F)cc3OCC3CC3)ncnc2c1C(=O)N[C@@H]1CN(C(=O)CO)C[C@@H]1O. The zero-order valence-electron chi connectivity index (χ0n) is 19.1. The van der Waals surface area contributed by atoms with Crippen LogP contribution in [0.3, 0.4) is 0 Å². The van der Waals surface area contributed by atoms with Gasteiger partial charge in [-0.05, 0) is 37.8 Å². The fourth-order valence-electron chi connectivity index (χ4n) is 4.38. The van der Waals surface area contributed by atoms with E-state index in [9.17, 15) is 19.1 Å². The minimum Gasteiger partial charge on any atom is -0.492 e. The number of aliphatic hydroxyl groups excluding tert-OH is 2. The average Bonchev–Trinajstić information content (AvgIpc) is 3.51. The van der Waals surface area contributed by atoms with Gasteiger partial charge >= 0.3 is 0 Å². The molecule has 2 aromatic heterocycles. The number of hydrogen-bond donors (Lipinski definition) is 4. The van der Waals surface area contributed by atoms with Crippen molar-refractivity contribution in [2.75, 3.05) is 26.3 Å². The van der Waals surface area contributed by atoms with E-state index in [1.807, 2.05) is 0 Å². The number of nitrogens with one attached hydrogen (secondary N) is 2. The lowest BCUT2D eigenvalue weighted by Crippen LogP contribution is -2.43. The van der Waals surface area contributed by atoms with Gasteiger partial charge in [-0.15, -0.1) is 0 Å². The van der Waals surface area contributed by atoms with Gasteiger partial charge in [0.1, 0.15) is 35.7 Å². The number of rotatable bonds is 7. The number of ether oxygens (including phenoxy) is 1. The number of β-amino-alcohol motifs (C(OH)–C–C–N with tert-alkyl or cyclic N) is 1. The van der Waals surface area contributed by atoms with E-state index in [0.717, 1.165) is 12.8 Å². The zero-order valence-corrected chi connectivity index (χ0v) is 19.1. The number of amides is 2. The lowest BCUT2D eigenvalue weighted by molar-refractivity contribution is -0.133. The maximum absolute atomic E-state index is 14.0. The Morgan fingerprint density at radius 2 is 2.09 bits per heavy atom. The summed E-state index contributed by atoms with van der Waals surface area (Å²) in [6.07, 6.45) is 2.56. The molecular weight excluding hydrogens is 457 g/mol. The maximum atomic E-state index is 14.0. The van der Waals surface area contributed by atoms with Gasteiger partial charge < -0.3 is 30.2 Å². The van der Waals surface area contributed by atoms with Crippen molar-refractivity contribution in [2.24, 2.45) is 5.92 Å². The Morgan fingerprint density at radius 1 is 1.29 bits per heavy atom. The fourth-order valence-corrected chi connectivity index (χ4v) is 4.38. The molecule has 2 atom stereocenters. The van der Waals surface area contributed by atoms with Crippen molar-refractivity contribution in [1.82, 2.24) is 25.2 Å². The van der Waals surface area contributed by atoms with Crippen LogP contribution in [0.2, 0.25) is 0 Å². The number of fused-ring (bicyclic) bond motifs is 1. The molecule has 1 saturated heterocycles. The maximum Gasteiger partial charge on any atom is 0.255 e. The van der Waals surface area contributed by atoms with Gasteiger partial charge in [-0.3, -0.25) is 9.59 Å². The molecule has 1 aliphatic heterocycles. The van der Waals surface area contributed by atoms with Crippen LogP contribution in [-0.4, -0.2) is 80.3 Å². The van der Waals surface area contributed by atoms with E-state index in [1.165, 1.54) is 23.4 Å². The van der Waals surface area contributed by atoms with Crippen molar-refractivity contribution >= 4 is 22.8 Å². The quantitative estimate of drug-likeness (QED) is 0.395. The van der Waals surface area contributed by atoms with Crippen molar-refractivity contribution in [3.05, 3.63) is 41.6 Å². The van der Waals surface area contributed by atoms with E-state index < -0.39 is 36.4 Å². The summed E-state index contributed by atoms with van der Waals surface area (Å²) in [6.45, 7) is 1.68. The summed E-state index contributed by atoms with van der Waals surface area (Å²) in [6, 6.07) is 3.56. The first-order valence-electron chi connectivity index (χ1n) is 11.5. The monoisotopic (exact) mass is 483 g/mol. The van der Waals surface area contributed by atoms with Crippen LogP contribution >= 0.6 is 0 Å². The average molecular weight is 484 g/mol. The second-order valence-corrected chi connectivity index (χ2v) is 9.07. The van der Waals surface area contributed by atoms with Crippen molar-refractivity contribution < 1.29 is 28.9 Å². The molecule has 184 valence electrons. The van der Waals surface area contributed by atoms with Gasteiger partial charge in [0.25, 0.3) is 5.91 Å². The number of nitrogens with zero attached hydrogens (tertiary/aromatic N) is 3. The Balaban J connectivity index is 1.45. The second kappa shape index (κ2) is 9.23. The Kier molecular flexibility index (Phi) is 6.12. The highest BCUT2D eigenvalue weighted by molar-refractivity contribution is 6.09. The highest BCUT2D eigenvalue weighted by atomic mass is 19.1. The third kappa shape index (κ3) is 4.56. The van der Waals surface area contributed by atoms with E-state index in [1.54, 1.807) is 13.0 Å². The van der Waals surface area contributed by atoms with E-state index in [2.05, 4.69) is 20.3 Å². The third-order valence-electron chi connectivity index (χ3n) is 6.46. The van der Waals surface area contributed by atoms with Crippen LogP contribution in [0, 0.1) is 18.7 Å². The molecule has 35 heavy (non-hydrogen) atoms. The largest absolute Gasteiger partial charge is 0.492 e. The van der Waals surface area contributed by atoms with Gasteiger partial charge in [0.05, 0.1) is 29.8 Å². The Hall–Kier alpha value is -3.57. The minimum atomic E-state index is -0.962. The van der Waals surface area contributed by atoms with Crippen molar-refractivity contribution in [1.29, 1.82) is 0 Å². The highest BCUT2D eigenvalue weighted by Crippen LogP contribution is 2.36. The van der Waals surface area contributed by atoms with Gasteiger partial charge in [-0.2, -0.15) is 0 Å². The molecule has 3 aromatic rings. The van der Waals surface area contributed by atoms with Crippen LogP contribution in [0.25, 0.3) is 22.3 Å². The lowest BCUT2D eigenvalue weighted by Gasteiger charge is -2.16. The summed E-state index contributed by atoms with van der Waals surface area (Å²) in [7, 11) is 0. The number of benzene rings is 1. The van der Waals surface area contributed by atoms with E-state index in [4.69, 9.17) is 9.84 Å². The summed E-state index contributed by atoms with van der Waals surface area (Å²) >= 11 is 0. The molecule has 1 saturated carbocycles. The van der Waals surface area contributed by atoms with Crippen LogP contribution in [0.1, 0.15) is 28.9 Å². The second-order valence-electron chi connectivity index (χ2n) is 9.07. The predicted octanol–water partition coefficient (Wildman–Crippen LogP) is 1.16. The van der Waals surface area contributed by atoms with Gasteiger partial charge in [0, 0.05) is 30.4 Å². The molecular formula is C24H26FN5O5. The highest BCUT2D eigenvalue weighted by Gasteiger charge is 2.35. The topological polar surface area (TPSA) is 141 Å². The molecule has 2 amide bonds. The number of aliphatic hydroxyl groups is 2. The molecule has 1 aliphatic carbocycles. The summed E-state index contributed by atoms with van der Waals surface area (Å²) in [5, 5.41) is 22.1. The Morgan fingerprint density at radius 3 is 2.83 bits per heavy atom. The van der Waals surface area contributed by atoms with Gasteiger partial charge in [-0.1, -0.05) is 0 Å². The Labute approximate surface area is 200 Å². The summed E-state index contributed by atoms with van der Waals surface area (Å²) < 4.78 is 19.9. The molecule has 0 spiro atoms. The normalized spacial score (nSPS) is 19.8. The summed E-state index contributed by atoms with van der Waals surface area (Å²) in [5.41, 5.74) is 2.75. The Bertz CT molecular complexity index is 1290. The zero-order chi connectivity index (χ0) is 24.7. The molecule has 2 fully saturated rings. The van der Waals surface area contributed by atoms with Crippen LogP contribution < -0.4 is 10.1 Å². The minimum absolute atomic E-state index is 0.0255. The molecule has 0 bridgehead atoms. The number of likely N-dealkylation sites (tertiary alicyclic amines) is 1. The number of carbonyl (C=O) groups excluding carboxylic acids is 2. The molecule has 10 nitrogen and oxygen atoms in total. The van der Waals surface area contributed by atoms with Gasteiger partial charge in [0.15, 0.2) is 0 Å². The van der Waals surface area contributed by atoms with Crippen LogP contribution in [0.15, 0.2) is 24.5 Å². The first-order valence-corrected chi connectivity index (χ1v) is 11.5. The molecule has 3 heterocycles. The fraction of sp³-hybridized carbons (Fsp3) is 0.417. The molecule has 11 heteroatoms. The molecule has 5 rings (SSSR count). The first kappa shape index (κ1) is 23.2. The smallest absolute Gasteiger partial charge is 0.255 e. The van der Waals surface area contributed by atoms with Crippen LogP contribution in [-0.2, 0) is 4.79 Å². The van der Waals surface area contributed by atoms with Gasteiger partial charge in [-0.25, -0.2) is 14.4 Å². The van der Waals surface area contributed by atoms with Crippen molar-refractivity contribution in [2.45, 2.75) is 31.9 Å². The van der Waals surface area contributed by atoms with Crippen molar-refractivity contribution in [3.63, 3.8) is 0 Å². The van der Waals surface area contributed by atoms with Crippen LogP contribution in [0.4, 0.5) is 4.39 Å². The van der Waals surface area contributed by atoms with Gasteiger partial charge in [0.2, 0.25) is 5.91 Å².